The zero-order valence-electron chi connectivity index (χ0n) is 8.78. The van der Waals surface area contributed by atoms with Gasteiger partial charge in [-0.25, -0.2) is 8.78 Å². The van der Waals surface area contributed by atoms with Crippen molar-refractivity contribution in [1.82, 2.24) is 0 Å². The van der Waals surface area contributed by atoms with Gasteiger partial charge in [-0.05, 0) is 36.4 Å². The number of benzene rings is 2. The highest BCUT2D eigenvalue weighted by Gasteiger charge is 2.16. The number of nitrogens with two attached hydrogens (primary N) is 1. The van der Waals surface area contributed by atoms with E-state index in [0.717, 1.165) is 6.07 Å². The molecule has 17 heavy (non-hydrogen) atoms. The Hall–Kier alpha value is -2.23. The monoisotopic (exact) mass is 233 g/mol. The molecule has 86 valence electrons. The highest BCUT2D eigenvalue weighted by Crippen LogP contribution is 2.16. The first-order valence-corrected chi connectivity index (χ1v) is 4.94. The first-order valence-electron chi connectivity index (χ1n) is 4.94. The molecule has 0 atom stereocenters. The van der Waals surface area contributed by atoms with Crippen LogP contribution in [0.4, 0.5) is 14.5 Å². The molecule has 0 unspecified atom stereocenters. The van der Waals surface area contributed by atoms with Crippen LogP contribution in [0.25, 0.3) is 0 Å². The third kappa shape index (κ3) is 2.15. The maximum absolute atomic E-state index is 13.4. The SMILES string of the molecule is Nc1ccc(C(=O)c2cccc(F)c2F)cc1. The number of carbonyl (C=O) groups is 1. The van der Waals surface area contributed by atoms with E-state index >= 15 is 0 Å². The van der Waals surface area contributed by atoms with Gasteiger partial charge in [0.1, 0.15) is 0 Å². The van der Waals surface area contributed by atoms with E-state index in [0.29, 0.717) is 5.69 Å². The van der Waals surface area contributed by atoms with Crippen LogP contribution in [0.1, 0.15) is 15.9 Å². The van der Waals surface area contributed by atoms with E-state index in [4.69, 9.17) is 5.73 Å². The number of halogens is 2. The van der Waals surface area contributed by atoms with Crippen LogP contribution in [0.5, 0.6) is 0 Å². The number of hydrogen-bond acceptors (Lipinski definition) is 2. The molecule has 0 spiro atoms. The molecule has 0 heterocycles. The molecule has 0 amide bonds. The van der Waals surface area contributed by atoms with Crippen molar-refractivity contribution in [3.8, 4) is 0 Å². The topological polar surface area (TPSA) is 43.1 Å². The fourth-order valence-electron chi connectivity index (χ4n) is 1.47. The maximum Gasteiger partial charge on any atom is 0.196 e. The van der Waals surface area contributed by atoms with Gasteiger partial charge in [-0.3, -0.25) is 4.79 Å². The predicted molar refractivity (Wildman–Crippen MR) is 60.6 cm³/mol. The van der Waals surface area contributed by atoms with Gasteiger partial charge in [0.25, 0.3) is 0 Å². The number of carbonyl (C=O) groups excluding carboxylic acids is 1. The van der Waals surface area contributed by atoms with Crippen molar-refractivity contribution in [2.24, 2.45) is 0 Å². The maximum atomic E-state index is 13.4. The van der Waals surface area contributed by atoms with E-state index in [2.05, 4.69) is 0 Å². The molecule has 0 saturated heterocycles. The summed E-state index contributed by atoms with van der Waals surface area (Å²) < 4.78 is 26.4. The molecule has 0 aliphatic heterocycles. The van der Waals surface area contributed by atoms with Crippen molar-refractivity contribution in [3.63, 3.8) is 0 Å². The fraction of sp³-hybridized carbons (Fsp3) is 0. The van der Waals surface area contributed by atoms with Crippen LogP contribution in [-0.4, -0.2) is 5.78 Å². The Morgan fingerprint density at radius 2 is 1.65 bits per heavy atom. The van der Waals surface area contributed by atoms with E-state index in [1.54, 1.807) is 0 Å². The molecule has 0 aromatic heterocycles. The summed E-state index contributed by atoms with van der Waals surface area (Å²) >= 11 is 0. The Kier molecular flexibility index (Phi) is 2.87. The van der Waals surface area contributed by atoms with Gasteiger partial charge in [0.2, 0.25) is 0 Å². The fourth-order valence-corrected chi connectivity index (χ4v) is 1.47. The minimum absolute atomic E-state index is 0.267. The second-order valence-corrected chi connectivity index (χ2v) is 3.55. The van der Waals surface area contributed by atoms with Gasteiger partial charge in [-0.2, -0.15) is 0 Å². The van der Waals surface area contributed by atoms with Crippen LogP contribution >= 0.6 is 0 Å². The van der Waals surface area contributed by atoms with E-state index in [1.165, 1.54) is 36.4 Å². The molecular formula is C13H9F2NO. The summed E-state index contributed by atoms with van der Waals surface area (Å²) in [6.07, 6.45) is 0. The number of rotatable bonds is 2. The van der Waals surface area contributed by atoms with Crippen LogP contribution < -0.4 is 5.73 Å². The Morgan fingerprint density at radius 1 is 1.00 bits per heavy atom. The van der Waals surface area contributed by atoms with Crippen LogP contribution in [0.3, 0.4) is 0 Å². The molecule has 2 N–H and O–H groups in total. The number of ketones is 1. The summed E-state index contributed by atoms with van der Waals surface area (Å²) in [5.41, 5.74) is 5.96. The predicted octanol–water partition coefficient (Wildman–Crippen LogP) is 2.78. The molecule has 2 rings (SSSR count). The molecule has 2 aromatic rings. The first-order chi connectivity index (χ1) is 8.09. The molecule has 2 aromatic carbocycles. The summed E-state index contributed by atoms with van der Waals surface area (Å²) in [4.78, 5) is 11.9. The molecular weight excluding hydrogens is 224 g/mol. The molecule has 0 aliphatic rings. The Labute approximate surface area is 96.7 Å². The minimum atomic E-state index is -1.13. The van der Waals surface area contributed by atoms with Crippen molar-refractivity contribution in [3.05, 3.63) is 65.2 Å². The quantitative estimate of drug-likeness (QED) is 0.640. The molecule has 0 radical (unpaired) electrons. The van der Waals surface area contributed by atoms with Gasteiger partial charge in [0.15, 0.2) is 17.4 Å². The Balaban J connectivity index is 2.44. The Bertz CT molecular complexity index is 564. The number of anilines is 1. The third-order valence-corrected chi connectivity index (χ3v) is 2.37. The molecule has 0 bridgehead atoms. The largest absolute Gasteiger partial charge is 0.399 e. The first kappa shape index (κ1) is 11.3. The van der Waals surface area contributed by atoms with Crippen molar-refractivity contribution in [1.29, 1.82) is 0 Å². The van der Waals surface area contributed by atoms with Crippen molar-refractivity contribution in [2.75, 3.05) is 5.73 Å². The zero-order chi connectivity index (χ0) is 12.4. The van der Waals surface area contributed by atoms with E-state index in [-0.39, 0.29) is 11.1 Å². The van der Waals surface area contributed by atoms with Crippen LogP contribution in [0.2, 0.25) is 0 Å². The smallest absolute Gasteiger partial charge is 0.196 e. The lowest BCUT2D eigenvalue weighted by Gasteiger charge is -2.03. The standard InChI is InChI=1S/C13H9F2NO/c14-11-3-1-2-10(12(11)15)13(17)8-4-6-9(16)7-5-8/h1-7H,16H2. The average molecular weight is 233 g/mol. The van der Waals surface area contributed by atoms with E-state index < -0.39 is 17.4 Å². The minimum Gasteiger partial charge on any atom is -0.399 e. The lowest BCUT2D eigenvalue weighted by atomic mass is 10.0. The lowest BCUT2D eigenvalue weighted by Crippen LogP contribution is -2.05. The van der Waals surface area contributed by atoms with Gasteiger partial charge < -0.3 is 5.73 Å². The summed E-state index contributed by atoms with van der Waals surface area (Å²) in [5, 5.41) is 0. The highest BCUT2D eigenvalue weighted by molar-refractivity contribution is 6.09. The molecule has 0 saturated carbocycles. The summed E-state index contributed by atoms with van der Waals surface area (Å²) in [7, 11) is 0. The Morgan fingerprint density at radius 3 is 2.29 bits per heavy atom. The second kappa shape index (κ2) is 4.33. The normalized spacial score (nSPS) is 10.2. The van der Waals surface area contributed by atoms with Crippen molar-refractivity contribution >= 4 is 11.5 Å². The van der Waals surface area contributed by atoms with Gasteiger partial charge in [0.05, 0.1) is 5.56 Å². The lowest BCUT2D eigenvalue weighted by molar-refractivity contribution is 0.103. The summed E-state index contributed by atoms with van der Waals surface area (Å²) in [5.74, 6) is -2.73. The molecule has 0 aliphatic carbocycles. The second-order valence-electron chi connectivity index (χ2n) is 3.55. The van der Waals surface area contributed by atoms with Gasteiger partial charge in [-0.15, -0.1) is 0 Å². The van der Waals surface area contributed by atoms with Crippen LogP contribution in [0.15, 0.2) is 42.5 Å². The summed E-state index contributed by atoms with van der Waals surface area (Å²) in [6.45, 7) is 0. The summed E-state index contributed by atoms with van der Waals surface area (Å²) in [6, 6.07) is 9.52. The number of hydrogen-bond donors (Lipinski definition) is 1. The van der Waals surface area contributed by atoms with Crippen LogP contribution in [0, 0.1) is 11.6 Å². The van der Waals surface area contributed by atoms with E-state index in [9.17, 15) is 13.6 Å². The highest BCUT2D eigenvalue weighted by atomic mass is 19.2. The van der Waals surface area contributed by atoms with Crippen molar-refractivity contribution in [2.45, 2.75) is 0 Å². The average Bonchev–Trinajstić information content (AvgIpc) is 2.33. The number of nitrogen functional groups attached to an aromatic ring is 1. The zero-order valence-corrected chi connectivity index (χ0v) is 8.78. The van der Waals surface area contributed by atoms with E-state index in [1.807, 2.05) is 0 Å². The molecule has 2 nitrogen and oxygen atoms in total. The third-order valence-electron chi connectivity index (χ3n) is 2.37. The van der Waals surface area contributed by atoms with Gasteiger partial charge in [0, 0.05) is 11.3 Å². The molecule has 4 heteroatoms. The molecule has 0 fully saturated rings. The van der Waals surface area contributed by atoms with Crippen molar-refractivity contribution < 1.29 is 13.6 Å². The van der Waals surface area contributed by atoms with Gasteiger partial charge in [-0.1, -0.05) is 6.07 Å². The van der Waals surface area contributed by atoms with Crippen LogP contribution in [-0.2, 0) is 0 Å². The van der Waals surface area contributed by atoms with Gasteiger partial charge >= 0.3 is 0 Å².